The summed E-state index contributed by atoms with van der Waals surface area (Å²) in [6.45, 7) is 39.1. The molecule has 4 heteroatoms. The van der Waals surface area contributed by atoms with E-state index in [9.17, 15) is 0 Å². The predicted molar refractivity (Wildman–Crippen MR) is 125 cm³/mol. The standard InChI is InChI=1S/C25H50N4/c1-18(2)20(5,6)27-17-28(21(7,8)19(3,4)26-18)23(11,12)25(15,16)29(17)24(13,14)22(27,9)10/h17,26H,1-16H3. The van der Waals surface area contributed by atoms with E-state index in [1.54, 1.807) is 0 Å². The van der Waals surface area contributed by atoms with Gasteiger partial charge in [0.05, 0.1) is 0 Å². The van der Waals surface area contributed by atoms with E-state index in [4.69, 9.17) is 0 Å². The highest BCUT2D eigenvalue weighted by Crippen LogP contribution is 2.63. The van der Waals surface area contributed by atoms with Crippen molar-refractivity contribution in [1.29, 1.82) is 0 Å². The first-order chi connectivity index (χ1) is 12.4. The predicted octanol–water partition coefficient (Wildman–Crippen LogP) is 5.04. The zero-order valence-electron chi connectivity index (χ0n) is 22.4. The van der Waals surface area contributed by atoms with Crippen molar-refractivity contribution < 1.29 is 0 Å². The van der Waals surface area contributed by atoms with E-state index >= 15 is 0 Å². The van der Waals surface area contributed by atoms with Crippen LogP contribution in [0.1, 0.15) is 111 Å². The van der Waals surface area contributed by atoms with E-state index in [1.807, 2.05) is 0 Å². The zero-order valence-corrected chi connectivity index (χ0v) is 22.4. The molecule has 0 unspecified atom stereocenters. The lowest BCUT2D eigenvalue weighted by atomic mass is 9.68. The molecular weight excluding hydrogens is 356 g/mol. The van der Waals surface area contributed by atoms with Crippen LogP contribution >= 0.6 is 0 Å². The number of hydrogen-bond donors (Lipinski definition) is 1. The minimum absolute atomic E-state index is 0.00367. The molecule has 0 spiro atoms. The average Bonchev–Trinajstić information content (AvgIpc) is 2.68. The van der Waals surface area contributed by atoms with Gasteiger partial charge in [-0.1, -0.05) is 0 Å². The van der Waals surface area contributed by atoms with E-state index in [1.165, 1.54) is 0 Å². The monoisotopic (exact) mass is 406 g/mol. The largest absolute Gasteiger partial charge is 0.303 e. The molecule has 0 bridgehead atoms. The second kappa shape index (κ2) is 5.42. The lowest BCUT2D eigenvalue weighted by Crippen LogP contribution is -2.83. The number of rotatable bonds is 0. The summed E-state index contributed by atoms with van der Waals surface area (Å²) >= 11 is 0. The fourth-order valence-corrected chi connectivity index (χ4v) is 7.04. The SMILES string of the molecule is CC1(C)NC(C)(C)C(C)(C)N2C3N(C1(C)C)C(C)(C)C(C)(C)N3C(C)(C)C2(C)C. The van der Waals surface area contributed by atoms with Gasteiger partial charge in [-0.3, -0.25) is 14.7 Å². The molecule has 3 fully saturated rings. The van der Waals surface area contributed by atoms with Gasteiger partial charge in [-0.25, -0.2) is 0 Å². The Balaban J connectivity index is 2.46. The third kappa shape index (κ3) is 2.30. The van der Waals surface area contributed by atoms with Crippen molar-refractivity contribution in [2.24, 2.45) is 0 Å². The minimum Gasteiger partial charge on any atom is -0.303 e. The molecule has 3 rings (SSSR count). The molecule has 3 heterocycles. The van der Waals surface area contributed by atoms with Gasteiger partial charge >= 0.3 is 0 Å². The molecule has 4 nitrogen and oxygen atoms in total. The maximum atomic E-state index is 4.14. The highest BCUT2D eigenvalue weighted by atomic mass is 15.7. The first kappa shape index (κ1) is 23.5. The van der Waals surface area contributed by atoms with Crippen LogP contribution in [-0.4, -0.2) is 65.3 Å². The molecule has 0 amide bonds. The lowest BCUT2D eigenvalue weighted by Gasteiger charge is -2.66. The van der Waals surface area contributed by atoms with Gasteiger partial charge < -0.3 is 5.32 Å². The first-order valence-electron chi connectivity index (χ1n) is 11.6. The molecule has 0 atom stereocenters. The molecule has 0 radical (unpaired) electrons. The molecule has 3 aliphatic rings. The molecule has 29 heavy (non-hydrogen) atoms. The maximum absolute atomic E-state index is 4.14. The van der Waals surface area contributed by atoms with E-state index in [0.717, 1.165) is 0 Å². The number of nitrogens with zero attached hydrogens (tertiary/aromatic N) is 3. The summed E-state index contributed by atoms with van der Waals surface area (Å²) < 4.78 is 0. The van der Waals surface area contributed by atoms with Gasteiger partial charge in [-0.2, -0.15) is 0 Å². The molecular formula is C25H50N4. The second-order valence-corrected chi connectivity index (χ2v) is 14.2. The Hall–Kier alpha value is -0.160. The third-order valence-corrected chi connectivity index (χ3v) is 11.0. The van der Waals surface area contributed by atoms with E-state index < -0.39 is 0 Å². The first-order valence-corrected chi connectivity index (χ1v) is 11.6. The van der Waals surface area contributed by atoms with Crippen molar-refractivity contribution in [1.82, 2.24) is 20.0 Å². The number of nitrogens with one attached hydrogen (secondary N) is 1. The highest BCUT2D eigenvalue weighted by Gasteiger charge is 2.77. The lowest BCUT2D eigenvalue weighted by molar-refractivity contribution is -0.174. The van der Waals surface area contributed by atoms with E-state index in [0.29, 0.717) is 0 Å². The molecule has 3 saturated heterocycles. The van der Waals surface area contributed by atoms with Crippen LogP contribution in [0.15, 0.2) is 0 Å². The minimum atomic E-state index is -0.0693. The molecule has 0 aliphatic carbocycles. The Morgan fingerprint density at radius 2 is 0.586 bits per heavy atom. The van der Waals surface area contributed by atoms with Crippen LogP contribution in [0.2, 0.25) is 0 Å². The Labute approximate surface area is 181 Å². The van der Waals surface area contributed by atoms with Gasteiger partial charge in [0.15, 0.2) is 0 Å². The smallest absolute Gasteiger partial charge is 0.122 e. The van der Waals surface area contributed by atoms with Crippen LogP contribution in [0, 0.1) is 0 Å². The average molecular weight is 407 g/mol. The summed E-state index contributed by atoms with van der Waals surface area (Å²) in [7, 11) is 0. The summed E-state index contributed by atoms with van der Waals surface area (Å²) in [6.07, 6.45) is 0.246. The van der Waals surface area contributed by atoms with Crippen LogP contribution in [0.4, 0.5) is 0 Å². The molecule has 170 valence electrons. The summed E-state index contributed by atoms with van der Waals surface area (Å²) in [5.41, 5.74) is -0.213. The van der Waals surface area contributed by atoms with Gasteiger partial charge in [0, 0.05) is 44.3 Å². The maximum Gasteiger partial charge on any atom is 0.122 e. The quantitative estimate of drug-likeness (QED) is 0.608. The molecule has 0 aromatic carbocycles. The second-order valence-electron chi connectivity index (χ2n) is 14.2. The van der Waals surface area contributed by atoms with Crippen LogP contribution in [0.3, 0.4) is 0 Å². The Kier molecular flexibility index (Phi) is 4.39. The van der Waals surface area contributed by atoms with Crippen molar-refractivity contribution in [2.45, 2.75) is 161 Å². The molecule has 0 aromatic rings. The number of hydrogen-bond acceptors (Lipinski definition) is 4. The van der Waals surface area contributed by atoms with Crippen LogP contribution in [-0.2, 0) is 0 Å². The molecule has 0 aromatic heterocycles. The fourth-order valence-electron chi connectivity index (χ4n) is 7.04. The van der Waals surface area contributed by atoms with Crippen molar-refractivity contribution in [3.8, 4) is 0 Å². The Morgan fingerprint density at radius 3 is 0.828 bits per heavy atom. The van der Waals surface area contributed by atoms with Gasteiger partial charge in [0.2, 0.25) is 0 Å². The molecule has 0 saturated carbocycles. The van der Waals surface area contributed by atoms with Crippen LogP contribution < -0.4 is 5.32 Å². The molecule has 3 aliphatic heterocycles. The van der Waals surface area contributed by atoms with E-state index in [-0.39, 0.29) is 50.6 Å². The topological polar surface area (TPSA) is 21.8 Å². The normalized spacial score (nSPS) is 36.4. The Morgan fingerprint density at radius 1 is 0.379 bits per heavy atom. The summed E-state index contributed by atoms with van der Waals surface area (Å²) in [5.74, 6) is 0. The third-order valence-electron chi connectivity index (χ3n) is 11.0. The Bertz CT molecular complexity index is 650. The van der Waals surface area contributed by atoms with Gasteiger partial charge in [-0.15, -0.1) is 0 Å². The van der Waals surface area contributed by atoms with Gasteiger partial charge in [0.25, 0.3) is 0 Å². The molecule has 1 N–H and O–H groups in total. The summed E-state index contributed by atoms with van der Waals surface area (Å²) in [6, 6.07) is 0. The van der Waals surface area contributed by atoms with E-state index in [2.05, 4.69) is 131 Å². The fraction of sp³-hybridized carbons (Fsp3) is 1.00. The van der Waals surface area contributed by atoms with Crippen molar-refractivity contribution >= 4 is 0 Å². The van der Waals surface area contributed by atoms with Crippen molar-refractivity contribution in [3.63, 3.8) is 0 Å². The summed E-state index contributed by atoms with van der Waals surface area (Å²) in [5, 5.41) is 4.14. The summed E-state index contributed by atoms with van der Waals surface area (Å²) in [4.78, 5) is 8.54. The van der Waals surface area contributed by atoms with Crippen LogP contribution in [0.5, 0.6) is 0 Å². The highest BCUT2D eigenvalue weighted by molar-refractivity contribution is 5.30. The van der Waals surface area contributed by atoms with Crippen molar-refractivity contribution in [2.75, 3.05) is 0 Å². The van der Waals surface area contributed by atoms with Gasteiger partial charge in [-0.05, 0) is 111 Å². The van der Waals surface area contributed by atoms with Crippen LogP contribution in [0.25, 0.3) is 0 Å². The van der Waals surface area contributed by atoms with Crippen molar-refractivity contribution in [3.05, 3.63) is 0 Å². The zero-order chi connectivity index (χ0) is 23.0. The van der Waals surface area contributed by atoms with Gasteiger partial charge in [0.1, 0.15) is 6.29 Å².